The quantitative estimate of drug-likeness (QED) is 0.606. The third kappa shape index (κ3) is 2.29. The minimum Gasteiger partial charge on any atom is -0.348 e. The molecule has 0 unspecified atom stereocenters. The molecule has 0 saturated heterocycles. The molecule has 0 bridgehead atoms. The van der Waals surface area contributed by atoms with Crippen LogP contribution in [0, 0.1) is 13.8 Å². The van der Waals surface area contributed by atoms with E-state index in [1.54, 1.807) is 6.33 Å². The van der Waals surface area contributed by atoms with Crippen LogP contribution < -0.4 is 4.90 Å². The van der Waals surface area contributed by atoms with Crippen LogP contribution in [-0.4, -0.2) is 31.1 Å². The van der Waals surface area contributed by atoms with Gasteiger partial charge in [0.05, 0.1) is 23.2 Å². The Balaban J connectivity index is 1.69. The van der Waals surface area contributed by atoms with Gasteiger partial charge in [-0.2, -0.15) is 5.10 Å². The van der Waals surface area contributed by atoms with Gasteiger partial charge in [-0.3, -0.25) is 0 Å². The summed E-state index contributed by atoms with van der Waals surface area (Å²) in [6, 6.07) is 12.4. The summed E-state index contributed by atoms with van der Waals surface area (Å²) in [5.41, 5.74) is 6.58. The lowest BCUT2D eigenvalue weighted by Gasteiger charge is -2.35. The molecule has 0 spiro atoms. The summed E-state index contributed by atoms with van der Waals surface area (Å²) in [6.45, 7) is 5.02. The highest BCUT2D eigenvalue weighted by molar-refractivity contribution is 5.57. The molecule has 0 amide bonds. The summed E-state index contributed by atoms with van der Waals surface area (Å²) in [6.07, 6.45) is 4.70. The molecule has 0 fully saturated rings. The smallest absolute Gasteiger partial charge is 0.129 e. The van der Waals surface area contributed by atoms with Gasteiger partial charge in [0.25, 0.3) is 0 Å². The predicted molar refractivity (Wildman–Crippen MR) is 100 cm³/mol. The number of aryl methyl sites for hydroxylation is 2. The monoisotopic (exact) mass is 344 g/mol. The molecule has 1 N–H and O–H groups in total. The molecule has 0 aromatic carbocycles. The third-order valence-corrected chi connectivity index (χ3v) is 5.11. The van der Waals surface area contributed by atoms with Gasteiger partial charge in [-0.05, 0) is 43.7 Å². The van der Waals surface area contributed by atoms with Crippen molar-refractivity contribution < 1.29 is 0 Å². The Labute approximate surface area is 151 Å². The van der Waals surface area contributed by atoms with E-state index in [2.05, 4.69) is 46.1 Å². The Morgan fingerprint density at radius 3 is 2.92 bits per heavy atom. The molecule has 5 heterocycles. The fourth-order valence-corrected chi connectivity index (χ4v) is 3.82. The van der Waals surface area contributed by atoms with Crippen LogP contribution in [0.4, 0.5) is 5.82 Å². The molecule has 1 aliphatic rings. The molecule has 1 atom stereocenters. The van der Waals surface area contributed by atoms with Gasteiger partial charge in [-0.15, -0.1) is 0 Å². The van der Waals surface area contributed by atoms with Crippen molar-refractivity contribution in [1.82, 2.24) is 24.6 Å². The molecule has 4 aromatic rings. The first-order valence-corrected chi connectivity index (χ1v) is 8.88. The highest BCUT2D eigenvalue weighted by Gasteiger charge is 2.33. The molecule has 0 saturated carbocycles. The number of pyridine rings is 2. The lowest BCUT2D eigenvalue weighted by Crippen LogP contribution is -2.37. The van der Waals surface area contributed by atoms with E-state index in [4.69, 9.17) is 10.1 Å². The summed E-state index contributed by atoms with van der Waals surface area (Å²) < 4.78 is 1.95. The van der Waals surface area contributed by atoms with E-state index in [0.29, 0.717) is 0 Å². The molecule has 1 aliphatic heterocycles. The van der Waals surface area contributed by atoms with Gasteiger partial charge in [-0.25, -0.2) is 14.5 Å². The molecule has 6 heteroatoms. The Bertz CT molecular complexity index is 1090. The van der Waals surface area contributed by atoms with Crippen LogP contribution in [0.1, 0.15) is 34.4 Å². The highest BCUT2D eigenvalue weighted by atomic mass is 15.3. The van der Waals surface area contributed by atoms with Crippen LogP contribution in [-0.2, 0) is 6.42 Å². The van der Waals surface area contributed by atoms with E-state index in [9.17, 15) is 0 Å². The number of aromatic amines is 1. The lowest BCUT2D eigenvalue weighted by molar-refractivity contribution is 0.610. The minimum atomic E-state index is -0.0430. The van der Waals surface area contributed by atoms with Gasteiger partial charge in [0, 0.05) is 30.6 Å². The average Bonchev–Trinajstić information content (AvgIpc) is 3.28. The van der Waals surface area contributed by atoms with Crippen molar-refractivity contribution in [2.45, 2.75) is 26.3 Å². The zero-order valence-electron chi connectivity index (χ0n) is 14.8. The zero-order chi connectivity index (χ0) is 17.7. The van der Waals surface area contributed by atoms with E-state index >= 15 is 0 Å². The normalized spacial score (nSPS) is 16.8. The SMILES string of the molecule is Cc1cccc(N2CCc3[nH]cnc3[C@@H]2c2cc3c(C)cccn3n2)n1. The summed E-state index contributed by atoms with van der Waals surface area (Å²) in [5, 5.41) is 4.87. The van der Waals surface area contributed by atoms with E-state index < -0.39 is 0 Å². The number of hydrogen-bond acceptors (Lipinski definition) is 4. The summed E-state index contributed by atoms with van der Waals surface area (Å²) in [5.74, 6) is 0.970. The standard InChI is InChI=1S/C20H20N6/c1-13-5-4-9-26-17(13)11-16(24-26)20-19-15(21-12-22-19)8-10-25(20)18-7-3-6-14(2)23-18/h3-7,9,11-12,20H,8,10H2,1-2H3,(H,21,22)/t20-/m0/s1. The molecule has 0 radical (unpaired) electrons. The zero-order valence-corrected chi connectivity index (χ0v) is 14.8. The molecule has 0 aliphatic carbocycles. The third-order valence-electron chi connectivity index (χ3n) is 5.11. The Morgan fingerprint density at radius 2 is 2.08 bits per heavy atom. The second kappa shape index (κ2) is 5.69. The number of hydrogen-bond donors (Lipinski definition) is 1. The number of rotatable bonds is 2. The van der Waals surface area contributed by atoms with Crippen molar-refractivity contribution in [1.29, 1.82) is 0 Å². The first-order valence-electron chi connectivity index (χ1n) is 8.88. The van der Waals surface area contributed by atoms with E-state index in [0.717, 1.165) is 41.4 Å². The fraction of sp³-hybridized carbons (Fsp3) is 0.250. The molecule has 26 heavy (non-hydrogen) atoms. The maximum atomic E-state index is 4.87. The Kier molecular flexibility index (Phi) is 3.31. The number of fused-ring (bicyclic) bond motifs is 2. The number of nitrogens with one attached hydrogen (secondary N) is 1. The molecular weight excluding hydrogens is 324 g/mol. The predicted octanol–water partition coefficient (Wildman–Crippen LogP) is 3.22. The van der Waals surface area contributed by atoms with Crippen LogP contribution in [0.5, 0.6) is 0 Å². The molecule has 6 nitrogen and oxygen atoms in total. The van der Waals surface area contributed by atoms with Crippen molar-refractivity contribution in [2.24, 2.45) is 0 Å². The highest BCUT2D eigenvalue weighted by Crippen LogP contribution is 2.36. The van der Waals surface area contributed by atoms with Gasteiger partial charge >= 0.3 is 0 Å². The summed E-state index contributed by atoms with van der Waals surface area (Å²) in [7, 11) is 0. The number of imidazole rings is 1. The number of aromatic nitrogens is 5. The topological polar surface area (TPSA) is 62.1 Å². The van der Waals surface area contributed by atoms with Crippen LogP contribution in [0.2, 0.25) is 0 Å². The second-order valence-electron chi connectivity index (χ2n) is 6.84. The summed E-state index contributed by atoms with van der Waals surface area (Å²) >= 11 is 0. The summed E-state index contributed by atoms with van der Waals surface area (Å²) in [4.78, 5) is 15.0. The van der Waals surface area contributed by atoms with Crippen LogP contribution in [0.15, 0.2) is 48.9 Å². The van der Waals surface area contributed by atoms with Crippen LogP contribution >= 0.6 is 0 Å². The van der Waals surface area contributed by atoms with Gasteiger partial charge in [0.15, 0.2) is 0 Å². The van der Waals surface area contributed by atoms with Crippen molar-refractivity contribution in [3.05, 3.63) is 77.3 Å². The molecule has 130 valence electrons. The van der Waals surface area contributed by atoms with E-state index in [-0.39, 0.29) is 6.04 Å². The van der Waals surface area contributed by atoms with Crippen molar-refractivity contribution in [2.75, 3.05) is 11.4 Å². The van der Waals surface area contributed by atoms with Crippen LogP contribution in [0.3, 0.4) is 0 Å². The first kappa shape index (κ1) is 15.1. The van der Waals surface area contributed by atoms with Gasteiger partial charge in [-0.1, -0.05) is 12.1 Å². The molecule has 5 rings (SSSR count). The molecule has 4 aromatic heterocycles. The van der Waals surface area contributed by atoms with Crippen LogP contribution in [0.25, 0.3) is 5.52 Å². The maximum Gasteiger partial charge on any atom is 0.129 e. The lowest BCUT2D eigenvalue weighted by atomic mass is 9.99. The maximum absolute atomic E-state index is 4.87. The Hall–Kier alpha value is -3.15. The number of H-pyrrole nitrogens is 1. The largest absolute Gasteiger partial charge is 0.348 e. The molecular formula is C20H20N6. The fourth-order valence-electron chi connectivity index (χ4n) is 3.82. The van der Waals surface area contributed by atoms with Gasteiger partial charge < -0.3 is 9.88 Å². The van der Waals surface area contributed by atoms with E-state index in [1.165, 1.54) is 11.3 Å². The number of nitrogens with zero attached hydrogens (tertiary/aromatic N) is 5. The van der Waals surface area contributed by atoms with Crippen molar-refractivity contribution >= 4 is 11.3 Å². The second-order valence-corrected chi connectivity index (χ2v) is 6.84. The first-order chi connectivity index (χ1) is 12.7. The Morgan fingerprint density at radius 1 is 1.15 bits per heavy atom. The average molecular weight is 344 g/mol. The van der Waals surface area contributed by atoms with Gasteiger partial charge in [0.1, 0.15) is 11.9 Å². The van der Waals surface area contributed by atoms with E-state index in [1.807, 2.05) is 29.8 Å². The van der Waals surface area contributed by atoms with Crippen molar-refractivity contribution in [3.63, 3.8) is 0 Å². The minimum absolute atomic E-state index is 0.0430. The number of anilines is 1. The van der Waals surface area contributed by atoms with Gasteiger partial charge in [0.2, 0.25) is 0 Å². The van der Waals surface area contributed by atoms with Crippen molar-refractivity contribution in [3.8, 4) is 0 Å².